The second-order valence-electron chi connectivity index (χ2n) is 4.15. The molecule has 0 saturated heterocycles. The summed E-state index contributed by atoms with van der Waals surface area (Å²) in [6.07, 6.45) is 0.928. The quantitative estimate of drug-likeness (QED) is 0.426. The van der Waals surface area contributed by atoms with E-state index < -0.39 is 0 Å². The Kier molecular flexibility index (Phi) is 3.50. The van der Waals surface area contributed by atoms with Gasteiger partial charge in [0.2, 0.25) is 0 Å². The molecule has 0 saturated carbocycles. The summed E-state index contributed by atoms with van der Waals surface area (Å²) in [4.78, 5) is 4.51. The second-order valence-corrected chi connectivity index (χ2v) is 4.15. The van der Waals surface area contributed by atoms with Gasteiger partial charge in [-0.05, 0) is 34.6 Å². The second kappa shape index (κ2) is 3.70. The molecule has 0 rings (SSSR count). The fraction of sp³-hybridized carbons (Fsp3) is 0.700. The van der Waals surface area contributed by atoms with Crippen molar-refractivity contribution in [3.63, 3.8) is 0 Å². The minimum Gasteiger partial charge on any atom is -0.288 e. The van der Waals surface area contributed by atoms with E-state index in [0.29, 0.717) is 0 Å². The first kappa shape index (κ1) is 10.4. The number of allylic oxidation sites excluding steroid dienone is 1. The standard InChI is InChI=1S/C10H19N/c1-8(2)7-9(3)11-10(4,5)6/h1,7H2,2-6H3. The summed E-state index contributed by atoms with van der Waals surface area (Å²) < 4.78 is 0. The van der Waals surface area contributed by atoms with Crippen molar-refractivity contribution in [3.8, 4) is 0 Å². The van der Waals surface area contributed by atoms with Gasteiger partial charge in [-0.25, -0.2) is 0 Å². The molecule has 1 nitrogen and oxygen atoms in total. The van der Waals surface area contributed by atoms with Crippen molar-refractivity contribution in [1.82, 2.24) is 0 Å². The maximum atomic E-state index is 4.51. The Labute approximate surface area is 70.2 Å². The molecule has 0 aliphatic carbocycles. The first-order chi connectivity index (χ1) is 4.81. The third-order valence-electron chi connectivity index (χ3n) is 1.08. The molecule has 0 aliphatic heterocycles. The van der Waals surface area contributed by atoms with E-state index in [9.17, 15) is 0 Å². The predicted octanol–water partition coefficient (Wildman–Crippen LogP) is 3.21. The monoisotopic (exact) mass is 153 g/mol. The molecular formula is C10H19N. The lowest BCUT2D eigenvalue weighted by Gasteiger charge is -2.13. The fourth-order valence-corrected chi connectivity index (χ4v) is 1.05. The van der Waals surface area contributed by atoms with Gasteiger partial charge >= 0.3 is 0 Å². The molecule has 0 aromatic carbocycles. The van der Waals surface area contributed by atoms with Gasteiger partial charge < -0.3 is 0 Å². The van der Waals surface area contributed by atoms with Crippen LogP contribution in [-0.4, -0.2) is 11.3 Å². The summed E-state index contributed by atoms with van der Waals surface area (Å²) in [5.41, 5.74) is 2.40. The van der Waals surface area contributed by atoms with Crippen LogP contribution in [-0.2, 0) is 0 Å². The molecule has 0 radical (unpaired) electrons. The van der Waals surface area contributed by atoms with Gasteiger partial charge in [0.15, 0.2) is 0 Å². The van der Waals surface area contributed by atoms with Crippen molar-refractivity contribution < 1.29 is 0 Å². The molecule has 0 spiro atoms. The minimum atomic E-state index is 0.0551. The van der Waals surface area contributed by atoms with Crippen LogP contribution < -0.4 is 0 Å². The molecule has 64 valence electrons. The number of aliphatic imine (C=N–C) groups is 1. The van der Waals surface area contributed by atoms with Crippen LogP contribution in [0.25, 0.3) is 0 Å². The van der Waals surface area contributed by atoms with E-state index in [0.717, 1.165) is 6.42 Å². The highest BCUT2D eigenvalue weighted by Crippen LogP contribution is 2.09. The average molecular weight is 153 g/mol. The van der Waals surface area contributed by atoms with Crippen molar-refractivity contribution in [2.45, 2.75) is 46.6 Å². The molecule has 0 aromatic rings. The van der Waals surface area contributed by atoms with E-state index in [4.69, 9.17) is 0 Å². The van der Waals surface area contributed by atoms with Gasteiger partial charge in [0.05, 0.1) is 5.54 Å². The Morgan fingerprint density at radius 1 is 1.27 bits per heavy atom. The SMILES string of the molecule is C=C(C)CC(C)=NC(C)(C)C. The smallest absolute Gasteiger partial charge is 0.0523 e. The summed E-state index contributed by atoms with van der Waals surface area (Å²) in [5, 5.41) is 0. The molecule has 0 heterocycles. The lowest BCUT2D eigenvalue weighted by molar-refractivity contribution is 0.582. The van der Waals surface area contributed by atoms with Crippen LogP contribution in [0.3, 0.4) is 0 Å². The van der Waals surface area contributed by atoms with Gasteiger partial charge in [-0.2, -0.15) is 0 Å². The molecule has 1 heteroatoms. The highest BCUT2D eigenvalue weighted by atomic mass is 14.8. The summed E-state index contributed by atoms with van der Waals surface area (Å²) in [7, 11) is 0. The van der Waals surface area contributed by atoms with Gasteiger partial charge in [-0.1, -0.05) is 12.2 Å². The number of hydrogen-bond acceptors (Lipinski definition) is 1. The zero-order valence-corrected chi connectivity index (χ0v) is 8.36. The van der Waals surface area contributed by atoms with E-state index in [1.54, 1.807) is 0 Å². The Balaban J connectivity index is 4.12. The number of hydrogen-bond donors (Lipinski definition) is 0. The predicted molar refractivity (Wildman–Crippen MR) is 52.3 cm³/mol. The van der Waals surface area contributed by atoms with Gasteiger partial charge in [0.1, 0.15) is 0 Å². The van der Waals surface area contributed by atoms with E-state index >= 15 is 0 Å². The zero-order chi connectivity index (χ0) is 9.07. The van der Waals surface area contributed by atoms with Crippen molar-refractivity contribution in [3.05, 3.63) is 12.2 Å². The summed E-state index contributed by atoms with van der Waals surface area (Å²) in [6.45, 7) is 14.2. The Bertz CT molecular complexity index is 170. The van der Waals surface area contributed by atoms with Crippen LogP contribution in [0.4, 0.5) is 0 Å². The molecule has 11 heavy (non-hydrogen) atoms. The summed E-state index contributed by atoms with van der Waals surface area (Å²) in [6, 6.07) is 0. The largest absolute Gasteiger partial charge is 0.288 e. The fourth-order valence-electron chi connectivity index (χ4n) is 1.05. The summed E-state index contributed by atoms with van der Waals surface area (Å²) >= 11 is 0. The zero-order valence-electron chi connectivity index (χ0n) is 8.36. The molecule has 0 N–H and O–H groups in total. The third-order valence-corrected chi connectivity index (χ3v) is 1.08. The van der Waals surface area contributed by atoms with Crippen LogP contribution in [0.15, 0.2) is 17.1 Å². The maximum Gasteiger partial charge on any atom is 0.0523 e. The third kappa shape index (κ3) is 7.31. The minimum absolute atomic E-state index is 0.0551. The lowest BCUT2D eigenvalue weighted by atomic mass is 10.1. The van der Waals surface area contributed by atoms with Crippen LogP contribution in [0, 0.1) is 0 Å². The van der Waals surface area contributed by atoms with Crippen molar-refractivity contribution in [2.75, 3.05) is 0 Å². The van der Waals surface area contributed by atoms with Crippen molar-refractivity contribution >= 4 is 5.71 Å². The Morgan fingerprint density at radius 2 is 1.73 bits per heavy atom. The van der Waals surface area contributed by atoms with Crippen molar-refractivity contribution in [1.29, 1.82) is 0 Å². The number of nitrogens with zero attached hydrogens (tertiary/aromatic N) is 1. The van der Waals surface area contributed by atoms with Crippen LogP contribution in [0.2, 0.25) is 0 Å². The van der Waals surface area contributed by atoms with Crippen LogP contribution in [0.5, 0.6) is 0 Å². The van der Waals surface area contributed by atoms with Gasteiger partial charge in [0.25, 0.3) is 0 Å². The highest BCUT2D eigenvalue weighted by Gasteiger charge is 2.06. The first-order valence-corrected chi connectivity index (χ1v) is 4.01. The highest BCUT2D eigenvalue weighted by molar-refractivity contribution is 5.84. The Morgan fingerprint density at radius 3 is 2.00 bits per heavy atom. The maximum absolute atomic E-state index is 4.51. The lowest BCUT2D eigenvalue weighted by Crippen LogP contribution is -2.12. The number of rotatable bonds is 2. The Hall–Kier alpha value is -0.590. The molecule has 0 fully saturated rings. The molecule has 0 atom stereocenters. The van der Waals surface area contributed by atoms with Gasteiger partial charge in [-0.15, -0.1) is 0 Å². The van der Waals surface area contributed by atoms with Gasteiger partial charge in [0, 0.05) is 12.1 Å². The van der Waals surface area contributed by atoms with Crippen LogP contribution >= 0.6 is 0 Å². The van der Waals surface area contributed by atoms with E-state index in [-0.39, 0.29) is 5.54 Å². The van der Waals surface area contributed by atoms with E-state index in [1.165, 1.54) is 11.3 Å². The average Bonchev–Trinajstić information content (AvgIpc) is 1.53. The van der Waals surface area contributed by atoms with E-state index in [2.05, 4.69) is 39.3 Å². The molecular weight excluding hydrogens is 134 g/mol. The molecule has 0 bridgehead atoms. The normalized spacial score (nSPS) is 13.4. The summed E-state index contributed by atoms with van der Waals surface area (Å²) in [5.74, 6) is 0. The topological polar surface area (TPSA) is 12.4 Å². The van der Waals surface area contributed by atoms with Crippen molar-refractivity contribution in [2.24, 2.45) is 4.99 Å². The molecule has 0 aliphatic rings. The molecule has 0 unspecified atom stereocenters. The molecule has 0 amide bonds. The first-order valence-electron chi connectivity index (χ1n) is 4.01. The molecule has 0 aromatic heterocycles. The van der Waals surface area contributed by atoms with Gasteiger partial charge in [-0.3, -0.25) is 4.99 Å². The van der Waals surface area contributed by atoms with Crippen LogP contribution in [0.1, 0.15) is 41.0 Å². The van der Waals surface area contributed by atoms with E-state index in [1.807, 2.05) is 6.92 Å².